The highest BCUT2D eigenvalue weighted by Gasteiger charge is 2.30. The van der Waals surface area contributed by atoms with Crippen molar-refractivity contribution in [2.75, 3.05) is 0 Å². The SMILES string of the molecule is C=Cc1ccc2ccc(-c3cc(C(C)(C)O)c(-c4ccc5c6c(cccc46)CC5)cc3C(C)(C)O)c3ccc(=C)c1c23. The van der Waals surface area contributed by atoms with Crippen LogP contribution in [0.5, 0.6) is 0 Å². The maximum Gasteiger partial charge on any atom is 0.0846 e. The molecule has 1 aliphatic carbocycles. The third kappa shape index (κ3) is 3.94. The van der Waals surface area contributed by atoms with Crippen LogP contribution in [-0.2, 0) is 24.0 Å². The molecule has 0 radical (unpaired) electrons. The molecule has 6 aromatic carbocycles. The van der Waals surface area contributed by atoms with E-state index in [1.807, 2.05) is 33.8 Å². The summed E-state index contributed by atoms with van der Waals surface area (Å²) in [5, 5.41) is 31.3. The van der Waals surface area contributed by atoms with Crippen molar-refractivity contribution in [1.82, 2.24) is 0 Å². The lowest BCUT2D eigenvalue weighted by Gasteiger charge is -2.30. The molecule has 0 aromatic heterocycles. The topological polar surface area (TPSA) is 40.5 Å². The Morgan fingerprint density at radius 2 is 1.19 bits per heavy atom. The number of aryl methyl sites for hydroxylation is 2. The van der Waals surface area contributed by atoms with Crippen LogP contribution in [-0.4, -0.2) is 10.2 Å². The van der Waals surface area contributed by atoms with E-state index in [4.69, 9.17) is 0 Å². The minimum absolute atomic E-state index is 0.823. The molecular weight excluding hydrogens is 512 g/mol. The smallest absolute Gasteiger partial charge is 0.0846 e. The van der Waals surface area contributed by atoms with Crippen molar-refractivity contribution in [1.29, 1.82) is 0 Å². The van der Waals surface area contributed by atoms with E-state index in [2.05, 4.69) is 92.0 Å². The Balaban J connectivity index is 1.60. The third-order valence-electron chi connectivity index (χ3n) is 9.18. The number of rotatable bonds is 5. The van der Waals surface area contributed by atoms with E-state index in [0.29, 0.717) is 0 Å². The molecule has 0 atom stereocenters. The van der Waals surface area contributed by atoms with Gasteiger partial charge in [-0.05, 0) is 140 Å². The molecule has 0 amide bonds. The Morgan fingerprint density at radius 1 is 0.619 bits per heavy atom. The molecule has 0 bridgehead atoms. The molecule has 0 spiro atoms. The predicted octanol–water partition coefficient (Wildman–Crippen LogP) is 8.81. The molecular formula is C40H36O2. The molecule has 0 aliphatic heterocycles. The molecule has 6 aromatic rings. The second-order valence-electron chi connectivity index (χ2n) is 12.9. The molecule has 0 unspecified atom stereocenters. The van der Waals surface area contributed by atoms with Gasteiger partial charge in [0, 0.05) is 0 Å². The second-order valence-corrected chi connectivity index (χ2v) is 12.9. The lowest BCUT2D eigenvalue weighted by Crippen LogP contribution is -2.21. The van der Waals surface area contributed by atoms with Crippen LogP contribution in [0.15, 0.2) is 85.4 Å². The summed E-state index contributed by atoms with van der Waals surface area (Å²) in [5.41, 5.74) is 7.19. The first-order chi connectivity index (χ1) is 20.0. The Labute approximate surface area is 247 Å². The van der Waals surface area contributed by atoms with Crippen LogP contribution in [0.25, 0.3) is 67.2 Å². The highest BCUT2D eigenvalue weighted by atomic mass is 16.3. The first-order valence-electron chi connectivity index (χ1n) is 14.7. The highest BCUT2D eigenvalue weighted by molar-refractivity contribution is 6.17. The number of hydrogen-bond acceptors (Lipinski definition) is 2. The van der Waals surface area contributed by atoms with Gasteiger partial charge in [0.2, 0.25) is 0 Å². The van der Waals surface area contributed by atoms with Crippen molar-refractivity contribution in [3.63, 3.8) is 0 Å². The van der Waals surface area contributed by atoms with Gasteiger partial charge in [-0.1, -0.05) is 86.0 Å². The fraction of sp³-hybridized carbons (Fsp3) is 0.200. The van der Waals surface area contributed by atoms with Gasteiger partial charge >= 0.3 is 0 Å². The largest absolute Gasteiger partial charge is 0.386 e. The van der Waals surface area contributed by atoms with Crippen LogP contribution >= 0.6 is 0 Å². The van der Waals surface area contributed by atoms with Crippen molar-refractivity contribution in [2.45, 2.75) is 51.7 Å². The van der Waals surface area contributed by atoms with Crippen LogP contribution in [0.2, 0.25) is 0 Å². The summed E-state index contributed by atoms with van der Waals surface area (Å²) in [4.78, 5) is 0. The second kappa shape index (κ2) is 9.13. The highest BCUT2D eigenvalue weighted by Crippen LogP contribution is 2.46. The van der Waals surface area contributed by atoms with E-state index in [0.717, 1.165) is 78.5 Å². The Morgan fingerprint density at radius 3 is 1.81 bits per heavy atom. The van der Waals surface area contributed by atoms with Gasteiger partial charge in [0.25, 0.3) is 0 Å². The standard InChI is InChI=1S/C40H36O2/c1-7-24-12-13-27-17-20-29(31-18-11-23(2)36(24)38(27)31)33-22-34(39(3,4)41)32(21-35(33)40(5,6)42)28-19-16-26-15-14-25-9-8-10-30(28)37(25)26/h7-13,16-22,41-42H,1-2,14-15H2,3-6H3. The quantitative estimate of drug-likeness (QED) is 0.226. The van der Waals surface area contributed by atoms with Crippen LogP contribution < -0.4 is 5.22 Å². The molecule has 2 heteroatoms. The monoisotopic (exact) mass is 548 g/mol. The van der Waals surface area contributed by atoms with Gasteiger partial charge in [0.15, 0.2) is 0 Å². The van der Waals surface area contributed by atoms with Gasteiger partial charge in [-0.25, -0.2) is 0 Å². The van der Waals surface area contributed by atoms with Gasteiger partial charge in [0.1, 0.15) is 0 Å². The summed E-state index contributed by atoms with van der Waals surface area (Å²) < 4.78 is 0. The zero-order valence-electron chi connectivity index (χ0n) is 24.8. The van der Waals surface area contributed by atoms with Gasteiger partial charge in [-0.2, -0.15) is 0 Å². The van der Waals surface area contributed by atoms with E-state index in [1.54, 1.807) is 0 Å². The van der Waals surface area contributed by atoms with E-state index < -0.39 is 11.2 Å². The Hall–Kier alpha value is -4.24. The molecule has 0 heterocycles. The maximum atomic E-state index is 11.7. The summed E-state index contributed by atoms with van der Waals surface area (Å²) in [5.74, 6) is 0. The fourth-order valence-corrected chi connectivity index (χ4v) is 7.19. The average Bonchev–Trinajstić information content (AvgIpc) is 3.38. The first kappa shape index (κ1) is 26.6. The van der Waals surface area contributed by atoms with Crippen LogP contribution in [0, 0.1) is 0 Å². The first-order valence-corrected chi connectivity index (χ1v) is 14.7. The number of aliphatic hydroxyl groups is 2. The summed E-state index contributed by atoms with van der Waals surface area (Å²) in [6, 6.07) is 27.9. The number of benzene rings is 6. The normalized spacial score (nSPS) is 13.5. The van der Waals surface area contributed by atoms with Crippen molar-refractivity contribution in [2.24, 2.45) is 0 Å². The zero-order valence-corrected chi connectivity index (χ0v) is 24.8. The van der Waals surface area contributed by atoms with E-state index in [-0.39, 0.29) is 0 Å². The molecule has 2 nitrogen and oxygen atoms in total. The van der Waals surface area contributed by atoms with Gasteiger partial charge in [-0.15, -0.1) is 0 Å². The summed E-state index contributed by atoms with van der Waals surface area (Å²) in [7, 11) is 0. The summed E-state index contributed by atoms with van der Waals surface area (Å²) >= 11 is 0. The molecule has 1 aliphatic rings. The predicted molar refractivity (Wildman–Crippen MR) is 179 cm³/mol. The van der Waals surface area contributed by atoms with E-state index in [1.165, 1.54) is 21.9 Å². The molecule has 208 valence electrons. The zero-order chi connectivity index (χ0) is 29.6. The number of hydrogen-bond donors (Lipinski definition) is 2. The molecule has 0 saturated heterocycles. The van der Waals surface area contributed by atoms with Gasteiger partial charge in [0.05, 0.1) is 11.2 Å². The van der Waals surface area contributed by atoms with Crippen molar-refractivity contribution < 1.29 is 10.2 Å². The van der Waals surface area contributed by atoms with Crippen molar-refractivity contribution in [3.05, 3.63) is 118 Å². The lowest BCUT2D eigenvalue weighted by atomic mass is 9.78. The van der Waals surface area contributed by atoms with Gasteiger partial charge in [-0.3, -0.25) is 0 Å². The Kier molecular flexibility index (Phi) is 5.79. The van der Waals surface area contributed by atoms with E-state index >= 15 is 0 Å². The van der Waals surface area contributed by atoms with Crippen LogP contribution in [0.3, 0.4) is 0 Å². The molecule has 0 fully saturated rings. The molecule has 0 saturated carbocycles. The van der Waals surface area contributed by atoms with E-state index in [9.17, 15) is 10.2 Å². The fourth-order valence-electron chi connectivity index (χ4n) is 7.19. The summed E-state index contributed by atoms with van der Waals surface area (Å²) in [6.07, 6.45) is 4.00. The minimum Gasteiger partial charge on any atom is -0.386 e. The third-order valence-corrected chi connectivity index (χ3v) is 9.18. The molecule has 42 heavy (non-hydrogen) atoms. The van der Waals surface area contributed by atoms with Gasteiger partial charge < -0.3 is 10.2 Å². The average molecular weight is 549 g/mol. The Bertz CT molecular complexity index is 2120. The lowest BCUT2D eigenvalue weighted by molar-refractivity contribution is 0.0753. The molecule has 7 rings (SSSR count). The minimum atomic E-state index is -1.13. The van der Waals surface area contributed by atoms with Crippen molar-refractivity contribution >= 4 is 45.0 Å². The van der Waals surface area contributed by atoms with Crippen LogP contribution in [0.1, 0.15) is 55.5 Å². The maximum absolute atomic E-state index is 11.7. The summed E-state index contributed by atoms with van der Waals surface area (Å²) in [6.45, 7) is 15.8. The molecule has 2 N–H and O–H groups in total. The van der Waals surface area contributed by atoms with Crippen molar-refractivity contribution in [3.8, 4) is 22.3 Å². The van der Waals surface area contributed by atoms with Crippen LogP contribution in [0.4, 0.5) is 0 Å².